The standard InChI is InChI=1S/C43H44N4O4S.C19H16N2OS.C8H12N2O2/c1-29-13-15-31(16-14-29)42(50)34-26-36(45)28-37(27-34)47-43(51)46-21-9-4-2-3-6-10-38(48)24-30-22-33(25-35(44)23-30)41(49)32-17-19-40(20-18-32)52-39-11-7-5-8-12-39;20-15-10-14(11-16(21)12-15)19(22)13-6-8-18(9-7-13)23-17-4-2-1-3-5-17;9-7-12-6-4-2-1-3-5-10-8-11/h5,7-8,11-20,22-23,25-28H,2-4,6,9-10,21,24,44-45H2,1H3,(H2,46,47,51);1-12H,20-21H2;1-6H2. The topological polar surface area (TPSA) is 276 Å². The summed E-state index contributed by atoms with van der Waals surface area (Å²) >= 11 is 3.29. The SMILES string of the molecule is Cc1ccc(C(=O)c2cc(N)cc(NC(=O)NCCCCCCCC(=O)Cc3cc(N)cc(C(=O)c4ccc(Sc5ccccc5)cc4)c3)c2)cc1.N#COCCCCCCN=C=O.Nc1cc(N)cc(C(=O)c2ccc(Sc3ccccc3)cc2)c1. The lowest BCUT2D eigenvalue weighted by atomic mass is 9.97. The second-order valence-electron chi connectivity index (χ2n) is 20.4. The highest BCUT2D eigenvalue weighted by Crippen LogP contribution is 2.30. The van der Waals surface area contributed by atoms with Crippen molar-refractivity contribution in [3.8, 4) is 6.26 Å². The molecular weight excluding hydrogens is 1130 g/mol. The van der Waals surface area contributed by atoms with E-state index < -0.39 is 0 Å². The zero-order chi connectivity index (χ0) is 62.2. The van der Waals surface area contributed by atoms with Gasteiger partial charge in [0.2, 0.25) is 6.08 Å². The summed E-state index contributed by atoms with van der Waals surface area (Å²) < 4.78 is 4.48. The first-order valence-corrected chi connectivity index (χ1v) is 30.2. The molecular formula is C70H72N8O7S2. The van der Waals surface area contributed by atoms with Gasteiger partial charge in [-0.25, -0.2) is 14.6 Å². The van der Waals surface area contributed by atoms with Crippen LogP contribution in [0.25, 0.3) is 0 Å². The summed E-state index contributed by atoms with van der Waals surface area (Å²) in [5, 5.41) is 13.6. The van der Waals surface area contributed by atoms with E-state index in [0.717, 1.165) is 88.5 Å². The number of anilines is 5. The number of hydrogen-bond donors (Lipinski definition) is 6. The third kappa shape index (κ3) is 24.1. The Kier molecular flexibility index (Phi) is 27.6. The van der Waals surface area contributed by atoms with Crippen LogP contribution in [-0.4, -0.2) is 54.9 Å². The number of amides is 2. The minimum Gasteiger partial charge on any atom is -0.428 e. The first kappa shape index (κ1) is 66.4. The maximum atomic E-state index is 13.3. The normalized spacial score (nSPS) is 10.3. The summed E-state index contributed by atoms with van der Waals surface area (Å²) in [6.07, 6.45) is 11.9. The molecule has 0 saturated heterocycles. The van der Waals surface area contributed by atoms with Gasteiger partial charge in [0.15, 0.2) is 17.3 Å². The molecule has 0 aliphatic carbocycles. The van der Waals surface area contributed by atoms with Crippen LogP contribution in [0.1, 0.15) is 123 Å². The van der Waals surface area contributed by atoms with Gasteiger partial charge < -0.3 is 38.3 Å². The van der Waals surface area contributed by atoms with E-state index in [1.54, 1.807) is 96.5 Å². The third-order valence-electron chi connectivity index (χ3n) is 13.2. The fourth-order valence-corrected chi connectivity index (χ4v) is 10.6. The lowest BCUT2D eigenvalue weighted by Gasteiger charge is -2.10. The van der Waals surface area contributed by atoms with Crippen molar-refractivity contribution in [1.82, 2.24) is 5.32 Å². The summed E-state index contributed by atoms with van der Waals surface area (Å²) in [6.45, 7) is 3.50. The Morgan fingerprint density at radius 3 is 1.48 bits per heavy atom. The van der Waals surface area contributed by atoms with Gasteiger partial charge in [0.25, 0.3) is 6.26 Å². The number of isocyanates is 1. The van der Waals surface area contributed by atoms with Crippen molar-refractivity contribution >= 4 is 87.2 Å². The monoisotopic (exact) mass is 1200 g/mol. The summed E-state index contributed by atoms with van der Waals surface area (Å²) in [6, 6.07) is 57.1. The number of rotatable bonds is 28. The van der Waals surface area contributed by atoms with Crippen molar-refractivity contribution in [1.29, 1.82) is 5.26 Å². The maximum absolute atomic E-state index is 13.3. The Balaban J connectivity index is 0.000000281. The molecule has 0 unspecified atom stereocenters. The van der Waals surface area contributed by atoms with Gasteiger partial charge in [0, 0.05) is 101 Å². The number of nitrogens with one attached hydrogen (secondary N) is 2. The number of ketones is 4. The van der Waals surface area contributed by atoms with E-state index in [2.05, 4.69) is 32.5 Å². The Hall–Kier alpha value is -9.72. The van der Waals surface area contributed by atoms with E-state index in [4.69, 9.17) is 28.2 Å². The molecule has 8 aromatic carbocycles. The molecule has 0 heterocycles. The molecule has 0 fully saturated rings. The largest absolute Gasteiger partial charge is 0.428 e. The molecule has 0 spiro atoms. The number of carbonyl (C=O) groups excluding carboxylic acids is 6. The smallest absolute Gasteiger partial charge is 0.319 e. The van der Waals surface area contributed by atoms with Crippen LogP contribution in [0, 0.1) is 18.4 Å². The van der Waals surface area contributed by atoms with E-state index >= 15 is 0 Å². The quantitative estimate of drug-likeness (QED) is 0.00665. The lowest BCUT2D eigenvalue weighted by Crippen LogP contribution is -2.29. The molecule has 8 aromatic rings. The Labute approximate surface area is 517 Å². The minimum absolute atomic E-state index is 0.0831. The van der Waals surface area contributed by atoms with Crippen molar-refractivity contribution in [2.45, 2.75) is 97.1 Å². The molecule has 10 N–H and O–H groups in total. The molecule has 17 heteroatoms. The molecule has 0 aliphatic heterocycles. The predicted molar refractivity (Wildman–Crippen MR) is 349 cm³/mol. The zero-order valence-electron chi connectivity index (χ0n) is 48.7. The van der Waals surface area contributed by atoms with Gasteiger partial charge >= 0.3 is 6.03 Å². The molecule has 0 aromatic heterocycles. The number of nitrogens with zero attached hydrogens (tertiary/aromatic N) is 2. The highest BCUT2D eigenvalue weighted by molar-refractivity contribution is 7.99. The second kappa shape index (κ2) is 36.2. The van der Waals surface area contributed by atoms with Crippen LogP contribution in [0.5, 0.6) is 0 Å². The molecule has 0 atom stereocenters. The molecule has 0 radical (unpaired) electrons. The number of nitriles is 1. The number of hydrogen-bond acceptors (Lipinski definition) is 15. The van der Waals surface area contributed by atoms with Crippen molar-refractivity contribution in [3.63, 3.8) is 0 Å². The molecule has 8 rings (SSSR count). The van der Waals surface area contributed by atoms with Gasteiger partial charge in [0.1, 0.15) is 12.4 Å². The van der Waals surface area contributed by atoms with Crippen LogP contribution in [-0.2, 0) is 20.7 Å². The molecule has 446 valence electrons. The first-order valence-electron chi connectivity index (χ1n) is 28.6. The highest BCUT2D eigenvalue weighted by Gasteiger charge is 2.16. The lowest BCUT2D eigenvalue weighted by molar-refractivity contribution is -0.118. The van der Waals surface area contributed by atoms with E-state index in [1.807, 2.05) is 116 Å². The van der Waals surface area contributed by atoms with Gasteiger partial charge in [0.05, 0.1) is 6.54 Å². The van der Waals surface area contributed by atoms with E-state index in [-0.39, 0.29) is 35.6 Å². The fraction of sp³-hybridized carbons (Fsp3) is 0.214. The van der Waals surface area contributed by atoms with E-state index in [1.165, 1.54) is 6.08 Å². The Bertz CT molecular complexity index is 3610. The van der Waals surface area contributed by atoms with Crippen LogP contribution >= 0.6 is 23.5 Å². The first-order chi connectivity index (χ1) is 42.2. The number of nitrogen functional groups attached to an aromatic ring is 4. The van der Waals surface area contributed by atoms with Gasteiger partial charge in [-0.1, -0.05) is 115 Å². The summed E-state index contributed by atoms with van der Waals surface area (Å²) in [5.74, 6) is -0.275. The summed E-state index contributed by atoms with van der Waals surface area (Å²) in [5.41, 5.74) is 30.8. The molecule has 87 heavy (non-hydrogen) atoms. The number of ether oxygens (including phenoxy) is 1. The Morgan fingerprint density at radius 1 is 0.494 bits per heavy atom. The third-order valence-corrected chi connectivity index (χ3v) is 15.2. The van der Waals surface area contributed by atoms with Crippen LogP contribution in [0.3, 0.4) is 0 Å². The van der Waals surface area contributed by atoms with Gasteiger partial charge in [-0.05, 0) is 172 Å². The van der Waals surface area contributed by atoms with Crippen LogP contribution < -0.4 is 33.6 Å². The fourth-order valence-electron chi connectivity index (χ4n) is 8.90. The van der Waals surface area contributed by atoms with Crippen LogP contribution in [0.2, 0.25) is 0 Å². The molecule has 15 nitrogen and oxygen atoms in total. The van der Waals surface area contributed by atoms with Gasteiger partial charge in [-0.15, -0.1) is 0 Å². The number of urea groups is 1. The molecule has 2 amide bonds. The minimum atomic E-state index is -0.368. The number of unbranched alkanes of at least 4 members (excludes halogenated alkanes) is 7. The maximum Gasteiger partial charge on any atom is 0.319 e. The summed E-state index contributed by atoms with van der Waals surface area (Å²) in [7, 11) is 0. The van der Waals surface area contributed by atoms with Crippen molar-refractivity contribution < 1.29 is 33.5 Å². The highest BCUT2D eigenvalue weighted by atomic mass is 32.2. The molecule has 0 saturated carbocycles. The number of carbonyl (C=O) groups is 5. The number of aryl methyl sites for hydroxylation is 1. The van der Waals surface area contributed by atoms with E-state index in [0.29, 0.717) is 87.9 Å². The Morgan fingerprint density at radius 2 is 0.943 bits per heavy atom. The average Bonchev–Trinajstić information content (AvgIpc) is 2.49. The van der Waals surface area contributed by atoms with Crippen molar-refractivity contribution in [2.24, 2.45) is 4.99 Å². The number of aliphatic imine (C=N–C) groups is 1. The second-order valence-corrected chi connectivity index (χ2v) is 22.7. The van der Waals surface area contributed by atoms with E-state index in [9.17, 15) is 28.8 Å². The number of nitrogens with two attached hydrogens (primary N) is 4. The van der Waals surface area contributed by atoms with Gasteiger partial charge in [-0.2, -0.15) is 5.26 Å². The zero-order valence-corrected chi connectivity index (χ0v) is 50.3. The molecule has 0 bridgehead atoms. The van der Waals surface area contributed by atoms with Crippen LogP contribution in [0.15, 0.2) is 213 Å². The van der Waals surface area contributed by atoms with Crippen molar-refractivity contribution in [3.05, 3.63) is 233 Å². The summed E-state index contributed by atoms with van der Waals surface area (Å²) in [4.78, 5) is 81.4. The van der Waals surface area contributed by atoms with Crippen molar-refractivity contribution in [2.75, 3.05) is 47.9 Å². The number of benzene rings is 8. The molecule has 0 aliphatic rings. The predicted octanol–water partition coefficient (Wildman–Crippen LogP) is 14.7. The van der Waals surface area contributed by atoms with Crippen LogP contribution in [0.4, 0.5) is 33.2 Å². The van der Waals surface area contributed by atoms with Gasteiger partial charge in [-0.3, -0.25) is 19.2 Å². The number of Topliss-reactive ketones (excluding diaryl/α,β-unsaturated/α-hetero) is 1. The average molecular weight is 1200 g/mol.